The van der Waals surface area contributed by atoms with Crippen LogP contribution in [-0.4, -0.2) is 25.4 Å². The molecule has 0 saturated heterocycles. The smallest absolute Gasteiger partial charge is 0.341 e. The first kappa shape index (κ1) is 17.3. The Morgan fingerprint density at radius 2 is 1.85 bits per heavy atom. The molecule has 0 radical (unpaired) electrons. The summed E-state index contributed by atoms with van der Waals surface area (Å²) in [5.74, 6) is -1.20. The summed E-state index contributed by atoms with van der Waals surface area (Å²) in [6.07, 6.45) is 1.48. The highest BCUT2D eigenvalue weighted by atomic mass is 16.4. The van der Waals surface area contributed by atoms with Crippen LogP contribution in [0.2, 0.25) is 0 Å². The number of aromatic nitrogens is 3. The van der Waals surface area contributed by atoms with Crippen molar-refractivity contribution in [1.82, 2.24) is 14.3 Å². The molecule has 1 aromatic carbocycles. The zero-order valence-corrected chi connectivity index (χ0v) is 15.5. The normalized spacial score (nSPS) is 15.9. The van der Waals surface area contributed by atoms with Crippen molar-refractivity contribution in [1.29, 1.82) is 0 Å². The summed E-state index contributed by atoms with van der Waals surface area (Å²) in [6, 6.07) is 13.2. The molecule has 0 aliphatic carbocycles. The maximum Gasteiger partial charge on any atom is 0.341 e. The molecule has 1 aliphatic heterocycles. The molecule has 3 aromatic rings. The Bertz CT molecular complexity index is 1090. The zero-order valence-electron chi connectivity index (χ0n) is 15.5. The lowest BCUT2D eigenvalue weighted by molar-refractivity contribution is 0.0693. The van der Waals surface area contributed by atoms with Crippen LogP contribution in [0.3, 0.4) is 0 Å². The summed E-state index contributed by atoms with van der Waals surface area (Å²) in [7, 11) is 0. The minimum absolute atomic E-state index is 0.0257. The second kappa shape index (κ2) is 5.94. The number of carboxylic acid groups (broad SMARTS) is 1. The molecule has 0 bridgehead atoms. The molecular formula is C21H21N3O3. The summed E-state index contributed by atoms with van der Waals surface area (Å²) in [5.41, 5.74) is 2.52. The first-order chi connectivity index (χ1) is 12.8. The highest BCUT2D eigenvalue weighted by molar-refractivity contribution is 5.87. The van der Waals surface area contributed by atoms with Gasteiger partial charge in [-0.05, 0) is 11.5 Å². The summed E-state index contributed by atoms with van der Waals surface area (Å²) in [5, 5.41) is 14.1. The second-order valence-electron chi connectivity index (χ2n) is 7.99. The largest absolute Gasteiger partial charge is 0.477 e. The van der Waals surface area contributed by atoms with Gasteiger partial charge >= 0.3 is 5.97 Å². The lowest BCUT2D eigenvalue weighted by Crippen LogP contribution is -2.35. The molecule has 0 spiro atoms. The van der Waals surface area contributed by atoms with E-state index in [0.29, 0.717) is 12.2 Å². The molecule has 3 heterocycles. The molecule has 1 N–H and O–H groups in total. The molecule has 27 heavy (non-hydrogen) atoms. The predicted molar refractivity (Wildman–Crippen MR) is 103 cm³/mol. The predicted octanol–water partition coefficient (Wildman–Crippen LogP) is 3.68. The van der Waals surface area contributed by atoms with Crippen molar-refractivity contribution in [2.45, 2.75) is 33.4 Å². The fraction of sp³-hybridized carbons (Fsp3) is 0.286. The third kappa shape index (κ3) is 2.87. The third-order valence-electron chi connectivity index (χ3n) is 5.10. The summed E-state index contributed by atoms with van der Waals surface area (Å²) < 4.78 is 3.85. The van der Waals surface area contributed by atoms with Crippen LogP contribution >= 0.6 is 0 Å². The number of benzene rings is 1. The van der Waals surface area contributed by atoms with Gasteiger partial charge in [-0.15, -0.1) is 0 Å². The van der Waals surface area contributed by atoms with Gasteiger partial charge in [0.2, 0.25) is 0 Å². The van der Waals surface area contributed by atoms with Crippen LogP contribution in [0.25, 0.3) is 22.6 Å². The number of aromatic carboxylic acids is 1. The van der Waals surface area contributed by atoms with Crippen molar-refractivity contribution in [3.63, 3.8) is 0 Å². The van der Waals surface area contributed by atoms with Gasteiger partial charge in [-0.25, -0.2) is 4.79 Å². The number of hydrogen-bond donors (Lipinski definition) is 1. The molecule has 0 fully saturated rings. The van der Waals surface area contributed by atoms with Gasteiger partial charge in [-0.3, -0.25) is 9.48 Å². The SMILES string of the molecule is CC(C)(C)[C@@H]1Cn2nc(-c3ccccc3)cc2-c2cc(=O)c(C(=O)O)cn21. The maximum atomic E-state index is 12.4. The lowest BCUT2D eigenvalue weighted by Gasteiger charge is -2.38. The van der Waals surface area contributed by atoms with E-state index in [1.54, 1.807) is 0 Å². The summed E-state index contributed by atoms with van der Waals surface area (Å²) >= 11 is 0. The second-order valence-corrected chi connectivity index (χ2v) is 7.99. The minimum atomic E-state index is -1.20. The van der Waals surface area contributed by atoms with E-state index in [-0.39, 0.29) is 17.0 Å². The average molecular weight is 363 g/mol. The van der Waals surface area contributed by atoms with Gasteiger partial charge in [-0.2, -0.15) is 5.10 Å². The fourth-order valence-corrected chi connectivity index (χ4v) is 3.63. The van der Waals surface area contributed by atoms with E-state index < -0.39 is 11.4 Å². The van der Waals surface area contributed by atoms with Gasteiger partial charge in [0.1, 0.15) is 5.56 Å². The monoisotopic (exact) mass is 363 g/mol. The number of fused-ring (bicyclic) bond motifs is 3. The number of carboxylic acids is 1. The molecule has 1 aliphatic rings. The van der Waals surface area contributed by atoms with Gasteiger partial charge in [0.05, 0.1) is 29.7 Å². The fourth-order valence-electron chi connectivity index (χ4n) is 3.63. The molecule has 1 atom stereocenters. The van der Waals surface area contributed by atoms with Crippen molar-refractivity contribution < 1.29 is 9.90 Å². The molecule has 6 nitrogen and oxygen atoms in total. The Morgan fingerprint density at radius 1 is 1.15 bits per heavy atom. The molecule has 0 amide bonds. The quantitative estimate of drug-likeness (QED) is 0.753. The van der Waals surface area contributed by atoms with E-state index in [4.69, 9.17) is 5.10 Å². The Balaban J connectivity index is 1.95. The number of hydrogen-bond acceptors (Lipinski definition) is 3. The van der Waals surface area contributed by atoms with Crippen molar-refractivity contribution in [3.05, 3.63) is 64.4 Å². The molecule has 0 unspecified atom stereocenters. The number of carbonyl (C=O) groups is 1. The van der Waals surface area contributed by atoms with Crippen molar-refractivity contribution >= 4 is 5.97 Å². The standard InChI is InChI=1S/C21H21N3O3/c1-21(2,3)19-12-24-17(9-15(22-24)13-7-5-4-6-8-13)16-10-18(25)14(20(26)27)11-23(16)19/h4-11,19H,12H2,1-3H3,(H,26,27)/t19-/m0/s1. The van der Waals surface area contributed by atoms with Crippen molar-refractivity contribution in [2.24, 2.45) is 5.41 Å². The average Bonchev–Trinajstić information content (AvgIpc) is 3.05. The van der Waals surface area contributed by atoms with E-state index in [1.807, 2.05) is 45.6 Å². The highest BCUT2D eigenvalue weighted by Gasteiger charge is 2.34. The number of pyridine rings is 1. The van der Waals surface area contributed by atoms with E-state index in [0.717, 1.165) is 17.0 Å². The van der Waals surface area contributed by atoms with E-state index in [9.17, 15) is 14.7 Å². The topological polar surface area (TPSA) is 77.1 Å². The molecule has 2 aromatic heterocycles. The number of rotatable bonds is 2. The minimum Gasteiger partial charge on any atom is -0.477 e. The van der Waals surface area contributed by atoms with Crippen LogP contribution < -0.4 is 5.43 Å². The third-order valence-corrected chi connectivity index (χ3v) is 5.10. The Labute approximate surface area is 156 Å². The molecule has 0 saturated carbocycles. The Kier molecular flexibility index (Phi) is 3.80. The van der Waals surface area contributed by atoms with Gasteiger partial charge in [0.15, 0.2) is 5.43 Å². The van der Waals surface area contributed by atoms with Crippen LogP contribution in [0.4, 0.5) is 0 Å². The van der Waals surface area contributed by atoms with Gasteiger partial charge < -0.3 is 9.67 Å². The molecular weight excluding hydrogens is 342 g/mol. The first-order valence-electron chi connectivity index (χ1n) is 8.89. The maximum absolute atomic E-state index is 12.4. The van der Waals surface area contributed by atoms with E-state index >= 15 is 0 Å². The van der Waals surface area contributed by atoms with E-state index in [1.165, 1.54) is 12.3 Å². The van der Waals surface area contributed by atoms with Gasteiger partial charge in [0, 0.05) is 17.8 Å². The summed E-state index contributed by atoms with van der Waals surface area (Å²) in [4.78, 5) is 23.8. The molecule has 6 heteroatoms. The van der Waals surface area contributed by atoms with Crippen LogP contribution in [0, 0.1) is 5.41 Å². The van der Waals surface area contributed by atoms with Crippen LogP contribution in [0.5, 0.6) is 0 Å². The van der Waals surface area contributed by atoms with Crippen LogP contribution in [-0.2, 0) is 6.54 Å². The molecule has 4 rings (SSSR count). The van der Waals surface area contributed by atoms with Crippen molar-refractivity contribution in [2.75, 3.05) is 0 Å². The zero-order chi connectivity index (χ0) is 19.3. The van der Waals surface area contributed by atoms with E-state index in [2.05, 4.69) is 20.8 Å². The first-order valence-corrected chi connectivity index (χ1v) is 8.89. The van der Waals surface area contributed by atoms with Gasteiger partial charge in [-0.1, -0.05) is 51.1 Å². The summed E-state index contributed by atoms with van der Waals surface area (Å²) in [6.45, 7) is 6.92. The number of nitrogens with zero attached hydrogens (tertiary/aromatic N) is 3. The molecule has 138 valence electrons. The van der Waals surface area contributed by atoms with Crippen LogP contribution in [0.1, 0.15) is 37.2 Å². The Morgan fingerprint density at radius 3 is 2.48 bits per heavy atom. The Hall–Kier alpha value is -3.15. The lowest BCUT2D eigenvalue weighted by atomic mass is 9.85. The highest BCUT2D eigenvalue weighted by Crippen LogP contribution is 2.40. The van der Waals surface area contributed by atoms with Crippen LogP contribution in [0.15, 0.2) is 53.5 Å². The van der Waals surface area contributed by atoms with Gasteiger partial charge in [0.25, 0.3) is 0 Å². The van der Waals surface area contributed by atoms with Crippen molar-refractivity contribution in [3.8, 4) is 22.6 Å².